The first kappa shape index (κ1) is 21.6. The molecule has 0 fully saturated rings. The van der Waals surface area contributed by atoms with E-state index in [4.69, 9.17) is 5.11 Å². The van der Waals surface area contributed by atoms with Gasteiger partial charge in [-0.2, -0.15) is 0 Å². The molecule has 0 spiro atoms. The van der Waals surface area contributed by atoms with Crippen molar-refractivity contribution < 1.29 is 9.59 Å². The van der Waals surface area contributed by atoms with Gasteiger partial charge < -0.3 is 9.59 Å². The summed E-state index contributed by atoms with van der Waals surface area (Å²) in [6.45, 7) is 17.5. The van der Waals surface area contributed by atoms with Crippen molar-refractivity contribution in [1.29, 1.82) is 0 Å². The zero-order chi connectivity index (χ0) is 16.7. The molecule has 0 amide bonds. The third-order valence-corrected chi connectivity index (χ3v) is 9.68. The molecular formula is C16H40NOSi3+. The quantitative estimate of drug-likeness (QED) is 0.340. The highest BCUT2D eigenvalue weighted by Gasteiger charge is 2.26. The molecular weight excluding hydrogens is 306 g/mol. The first-order valence-corrected chi connectivity index (χ1v) is 17.2. The van der Waals surface area contributed by atoms with Crippen LogP contribution >= 0.6 is 0 Å². The minimum Gasteiger partial charge on any atom is -0.391 e. The van der Waals surface area contributed by atoms with E-state index in [1.807, 2.05) is 0 Å². The van der Waals surface area contributed by atoms with Crippen LogP contribution in [0.1, 0.15) is 6.42 Å². The summed E-state index contributed by atoms with van der Waals surface area (Å²) in [5, 5.41) is 9.10. The van der Waals surface area contributed by atoms with Gasteiger partial charge in [-0.15, -0.1) is 0 Å². The van der Waals surface area contributed by atoms with E-state index in [1.54, 1.807) is 0 Å². The Morgan fingerprint density at radius 2 is 1.38 bits per heavy atom. The molecule has 2 nitrogen and oxygen atoms in total. The first-order valence-electron chi connectivity index (χ1n) is 8.51. The molecule has 0 bridgehead atoms. The average Bonchev–Trinajstić information content (AvgIpc) is 2.19. The number of aliphatic hydroxyl groups is 1. The number of nitrogens with zero attached hydrogens (tertiary/aromatic N) is 1. The molecule has 21 heavy (non-hydrogen) atoms. The second kappa shape index (κ2) is 9.01. The molecule has 1 N–H and O–H groups in total. The van der Waals surface area contributed by atoms with Crippen molar-refractivity contribution in [3.05, 3.63) is 0 Å². The number of aliphatic hydroxyl groups excluding tert-OH is 1. The number of rotatable bonds is 11. The van der Waals surface area contributed by atoms with E-state index in [1.165, 1.54) is 31.1 Å². The van der Waals surface area contributed by atoms with Gasteiger partial charge in [-0.3, -0.25) is 0 Å². The monoisotopic (exact) mass is 346 g/mol. The predicted molar refractivity (Wildman–Crippen MR) is 104 cm³/mol. The zero-order valence-electron chi connectivity index (χ0n) is 15.9. The van der Waals surface area contributed by atoms with E-state index < -0.39 is 16.1 Å². The molecule has 0 heterocycles. The highest BCUT2D eigenvalue weighted by atomic mass is 28.3. The summed E-state index contributed by atoms with van der Waals surface area (Å²) < 4.78 is 0.966. The molecule has 0 unspecified atom stereocenters. The van der Waals surface area contributed by atoms with Crippen molar-refractivity contribution in [3.63, 3.8) is 0 Å². The number of likely N-dealkylation sites (N-methyl/N-ethyl adjacent to an activating group) is 1. The SMILES string of the molecule is C[N+](C)(CCO)CCC[Si]C(C[Si](C)(C)C)C[Si](C)(C)C. The van der Waals surface area contributed by atoms with Crippen molar-refractivity contribution in [1.82, 2.24) is 0 Å². The second-order valence-corrected chi connectivity index (χ2v) is 22.4. The molecule has 5 heteroatoms. The molecule has 0 aromatic carbocycles. The Morgan fingerprint density at radius 1 is 0.905 bits per heavy atom. The van der Waals surface area contributed by atoms with Gasteiger partial charge in [0.25, 0.3) is 0 Å². The van der Waals surface area contributed by atoms with E-state index in [9.17, 15) is 0 Å². The summed E-state index contributed by atoms with van der Waals surface area (Å²) in [6, 6.07) is 4.43. The van der Waals surface area contributed by atoms with Gasteiger partial charge in [-0.1, -0.05) is 63.0 Å². The maximum absolute atomic E-state index is 9.10. The van der Waals surface area contributed by atoms with E-state index in [-0.39, 0.29) is 0 Å². The number of quaternary nitrogens is 1. The van der Waals surface area contributed by atoms with E-state index >= 15 is 0 Å². The van der Waals surface area contributed by atoms with Crippen LogP contribution in [0.25, 0.3) is 0 Å². The summed E-state index contributed by atoms with van der Waals surface area (Å²) >= 11 is 0. The Balaban J connectivity index is 4.24. The van der Waals surface area contributed by atoms with Crippen molar-refractivity contribution in [2.45, 2.75) is 69.4 Å². The first-order chi connectivity index (χ1) is 9.35. The van der Waals surface area contributed by atoms with Crippen molar-refractivity contribution >= 4 is 25.7 Å². The molecule has 0 aliphatic heterocycles. The summed E-state index contributed by atoms with van der Waals surface area (Å²) in [5.41, 5.74) is 0.997. The predicted octanol–water partition coefficient (Wildman–Crippen LogP) is 4.03. The van der Waals surface area contributed by atoms with Gasteiger partial charge in [0.05, 0.1) is 27.2 Å². The van der Waals surface area contributed by atoms with E-state index in [0.717, 1.165) is 26.1 Å². The molecule has 0 saturated heterocycles. The van der Waals surface area contributed by atoms with Crippen molar-refractivity contribution in [3.8, 4) is 0 Å². The van der Waals surface area contributed by atoms with Gasteiger partial charge >= 0.3 is 0 Å². The zero-order valence-corrected chi connectivity index (χ0v) is 18.9. The van der Waals surface area contributed by atoms with Crippen molar-refractivity contribution in [2.24, 2.45) is 0 Å². The second-order valence-electron chi connectivity index (χ2n) is 9.64. The fourth-order valence-electron chi connectivity index (χ4n) is 2.89. The fourth-order valence-corrected chi connectivity index (χ4v) is 12.0. The lowest BCUT2D eigenvalue weighted by atomic mass is 10.4. The minimum atomic E-state index is -0.937. The van der Waals surface area contributed by atoms with Gasteiger partial charge in [-0.05, 0) is 6.42 Å². The maximum Gasteiger partial charge on any atom is 0.102 e. The summed E-state index contributed by atoms with van der Waals surface area (Å²) in [4.78, 5) is 0. The Kier molecular flexibility index (Phi) is 9.26. The van der Waals surface area contributed by atoms with Gasteiger partial charge in [-0.25, -0.2) is 0 Å². The number of hydrogen-bond donors (Lipinski definition) is 1. The normalized spacial score (nSPS) is 14.0. The topological polar surface area (TPSA) is 20.2 Å². The third-order valence-electron chi connectivity index (χ3n) is 3.80. The van der Waals surface area contributed by atoms with Crippen LogP contribution in [0.3, 0.4) is 0 Å². The van der Waals surface area contributed by atoms with Crippen LogP contribution in [0.2, 0.25) is 63.0 Å². The summed E-state index contributed by atoms with van der Waals surface area (Å²) in [6.07, 6.45) is 1.32. The summed E-state index contributed by atoms with van der Waals surface area (Å²) in [5.74, 6) is 0. The maximum atomic E-state index is 9.10. The van der Waals surface area contributed by atoms with E-state index in [2.05, 4.69) is 53.4 Å². The third kappa shape index (κ3) is 13.9. The van der Waals surface area contributed by atoms with Crippen LogP contribution in [0.5, 0.6) is 0 Å². The highest BCUT2D eigenvalue weighted by Crippen LogP contribution is 2.30. The standard InChI is InChI=1S/C16H40NOSi3/c1-17(2,11-12-18)10-9-13-19-16(14-20(3,4)5)15-21(6,7)8/h16,18H,9-15H2,1-8H3/q+1. The lowest BCUT2D eigenvalue weighted by molar-refractivity contribution is -0.890. The van der Waals surface area contributed by atoms with Gasteiger partial charge in [0.1, 0.15) is 6.54 Å². The average molecular weight is 347 g/mol. The largest absolute Gasteiger partial charge is 0.391 e. The molecule has 0 aromatic heterocycles. The van der Waals surface area contributed by atoms with Crippen molar-refractivity contribution in [2.75, 3.05) is 33.8 Å². The van der Waals surface area contributed by atoms with Gasteiger partial charge in [0.15, 0.2) is 0 Å². The molecule has 0 aliphatic carbocycles. The molecule has 0 saturated carbocycles. The lowest BCUT2D eigenvalue weighted by Crippen LogP contribution is -2.42. The van der Waals surface area contributed by atoms with Crippen LogP contribution < -0.4 is 0 Å². The molecule has 0 rings (SSSR count). The Morgan fingerprint density at radius 3 is 1.76 bits per heavy atom. The van der Waals surface area contributed by atoms with Crippen LogP contribution in [-0.2, 0) is 0 Å². The van der Waals surface area contributed by atoms with Crippen LogP contribution in [0.15, 0.2) is 0 Å². The molecule has 2 radical (unpaired) electrons. The Bertz CT molecular complexity index is 266. The number of hydrogen-bond acceptors (Lipinski definition) is 1. The van der Waals surface area contributed by atoms with Crippen LogP contribution in [0.4, 0.5) is 0 Å². The minimum absolute atomic E-state index is 0.309. The molecule has 0 aromatic rings. The fraction of sp³-hybridized carbons (Fsp3) is 1.00. The Hall–Kier alpha value is 0.571. The summed E-state index contributed by atoms with van der Waals surface area (Å²) in [7, 11) is 3.75. The van der Waals surface area contributed by atoms with Gasteiger partial charge in [0.2, 0.25) is 0 Å². The smallest absolute Gasteiger partial charge is 0.102 e. The van der Waals surface area contributed by atoms with Crippen LogP contribution in [0, 0.1) is 0 Å². The van der Waals surface area contributed by atoms with E-state index in [0.29, 0.717) is 6.61 Å². The lowest BCUT2D eigenvalue weighted by Gasteiger charge is -2.31. The Labute approximate surface area is 138 Å². The van der Waals surface area contributed by atoms with Gasteiger partial charge in [0, 0.05) is 25.7 Å². The molecule has 0 atom stereocenters. The molecule has 126 valence electrons. The molecule has 0 aliphatic rings. The highest BCUT2D eigenvalue weighted by molar-refractivity contribution is 6.79. The van der Waals surface area contributed by atoms with Crippen LogP contribution in [-0.4, -0.2) is 69.0 Å².